The second-order valence-electron chi connectivity index (χ2n) is 6.95. The van der Waals surface area contributed by atoms with Gasteiger partial charge in [0.15, 0.2) is 0 Å². The van der Waals surface area contributed by atoms with E-state index in [1.165, 1.54) is 50.8 Å². The van der Waals surface area contributed by atoms with Crippen LogP contribution in [0.4, 0.5) is 0 Å². The van der Waals surface area contributed by atoms with E-state index in [4.69, 9.17) is 0 Å². The van der Waals surface area contributed by atoms with Crippen molar-refractivity contribution in [3.05, 3.63) is 18.2 Å². The molecule has 19 heavy (non-hydrogen) atoms. The molecule has 2 aliphatic rings. The third-order valence-corrected chi connectivity index (χ3v) is 5.62. The van der Waals surface area contributed by atoms with E-state index in [0.29, 0.717) is 5.41 Å². The number of imidazole rings is 1. The van der Waals surface area contributed by atoms with Crippen LogP contribution in [0.25, 0.3) is 0 Å². The van der Waals surface area contributed by atoms with Crippen molar-refractivity contribution in [3.63, 3.8) is 0 Å². The van der Waals surface area contributed by atoms with Crippen LogP contribution >= 0.6 is 0 Å². The first-order chi connectivity index (χ1) is 9.18. The summed E-state index contributed by atoms with van der Waals surface area (Å²) >= 11 is 0. The zero-order chi connectivity index (χ0) is 13.3. The van der Waals surface area contributed by atoms with E-state index < -0.39 is 0 Å². The molecule has 1 aromatic heterocycles. The lowest BCUT2D eigenvalue weighted by molar-refractivity contribution is 0.230. The van der Waals surface area contributed by atoms with Crippen LogP contribution in [0.3, 0.4) is 0 Å². The van der Waals surface area contributed by atoms with E-state index in [2.05, 4.69) is 41.2 Å². The zero-order valence-corrected chi connectivity index (χ0v) is 12.4. The monoisotopic (exact) mass is 261 g/mol. The highest BCUT2D eigenvalue weighted by Gasteiger charge is 2.37. The molecule has 1 saturated heterocycles. The summed E-state index contributed by atoms with van der Waals surface area (Å²) in [6, 6.07) is 0. The van der Waals surface area contributed by atoms with E-state index in [1.807, 2.05) is 0 Å². The molecular formula is C16H27N3. The van der Waals surface area contributed by atoms with Crippen molar-refractivity contribution in [1.82, 2.24) is 14.9 Å². The molecule has 0 radical (unpaired) electrons. The predicted octanol–water partition coefficient (Wildman–Crippen LogP) is 3.10. The highest BCUT2D eigenvalue weighted by Crippen LogP contribution is 2.43. The van der Waals surface area contributed by atoms with Crippen LogP contribution in [0.1, 0.15) is 58.1 Å². The van der Waals surface area contributed by atoms with Gasteiger partial charge in [-0.1, -0.05) is 26.7 Å². The van der Waals surface area contributed by atoms with Crippen molar-refractivity contribution in [2.75, 3.05) is 13.1 Å². The molecule has 3 nitrogen and oxygen atoms in total. The van der Waals surface area contributed by atoms with Crippen LogP contribution in [0.15, 0.2) is 12.5 Å². The largest absolute Gasteiger partial charge is 0.333 e. The molecule has 1 atom stereocenters. The quantitative estimate of drug-likeness (QED) is 0.902. The summed E-state index contributed by atoms with van der Waals surface area (Å²) < 4.78 is 2.46. The van der Waals surface area contributed by atoms with Gasteiger partial charge in [-0.2, -0.15) is 0 Å². The Bertz CT molecular complexity index is 423. The molecule has 106 valence electrons. The van der Waals surface area contributed by atoms with Crippen molar-refractivity contribution in [3.8, 4) is 0 Å². The second-order valence-corrected chi connectivity index (χ2v) is 6.95. The van der Waals surface area contributed by atoms with Crippen molar-refractivity contribution in [1.29, 1.82) is 0 Å². The first kappa shape index (κ1) is 13.2. The first-order valence-electron chi connectivity index (χ1n) is 7.89. The van der Waals surface area contributed by atoms with Gasteiger partial charge in [0.1, 0.15) is 0 Å². The second kappa shape index (κ2) is 4.93. The summed E-state index contributed by atoms with van der Waals surface area (Å²) in [4.78, 5) is 4.45. The number of rotatable bonds is 4. The van der Waals surface area contributed by atoms with Crippen molar-refractivity contribution >= 4 is 0 Å². The van der Waals surface area contributed by atoms with E-state index in [9.17, 15) is 0 Å². The van der Waals surface area contributed by atoms with Gasteiger partial charge in [0.25, 0.3) is 0 Å². The molecule has 1 N–H and O–H groups in total. The molecule has 1 aromatic rings. The van der Waals surface area contributed by atoms with Crippen LogP contribution in [0.2, 0.25) is 0 Å². The fraction of sp³-hybridized carbons (Fsp3) is 0.812. The number of nitrogens with one attached hydrogen (secondary N) is 1. The van der Waals surface area contributed by atoms with Gasteiger partial charge >= 0.3 is 0 Å². The standard InChI is InChI=1S/C16H27N3/c1-3-16(6-4-5-7-16)12-19-13-18-10-14(19)15(2)8-9-17-11-15/h10,13,17H,3-9,11-12H2,1-2H3. The lowest BCUT2D eigenvalue weighted by atomic mass is 9.82. The van der Waals surface area contributed by atoms with Gasteiger partial charge in [-0.3, -0.25) is 0 Å². The molecule has 2 fully saturated rings. The van der Waals surface area contributed by atoms with Gasteiger partial charge in [-0.25, -0.2) is 4.98 Å². The summed E-state index contributed by atoms with van der Waals surface area (Å²) in [7, 11) is 0. The maximum absolute atomic E-state index is 4.45. The molecular weight excluding hydrogens is 234 g/mol. The normalized spacial score (nSPS) is 30.0. The molecule has 3 rings (SSSR count). The Hall–Kier alpha value is -0.830. The third-order valence-electron chi connectivity index (χ3n) is 5.62. The smallest absolute Gasteiger partial charge is 0.0948 e. The first-order valence-corrected chi connectivity index (χ1v) is 7.89. The summed E-state index contributed by atoms with van der Waals surface area (Å²) in [6.07, 6.45) is 12.3. The predicted molar refractivity (Wildman–Crippen MR) is 78.3 cm³/mol. The van der Waals surface area contributed by atoms with E-state index in [1.54, 1.807) is 0 Å². The van der Waals surface area contributed by atoms with Gasteiger partial charge < -0.3 is 9.88 Å². The fourth-order valence-electron chi connectivity index (χ4n) is 4.09. The average Bonchev–Trinajstić information content (AvgIpc) is 3.11. The minimum absolute atomic E-state index is 0.282. The van der Waals surface area contributed by atoms with E-state index in [0.717, 1.165) is 13.1 Å². The SMILES string of the molecule is CCC1(Cn2cncc2C2(C)CCNC2)CCCC1. The van der Waals surface area contributed by atoms with Crippen LogP contribution in [-0.2, 0) is 12.0 Å². The molecule has 3 heteroatoms. The number of aromatic nitrogens is 2. The Balaban J connectivity index is 1.84. The van der Waals surface area contributed by atoms with Crippen LogP contribution in [0.5, 0.6) is 0 Å². The van der Waals surface area contributed by atoms with Gasteiger partial charge in [0.2, 0.25) is 0 Å². The van der Waals surface area contributed by atoms with Gasteiger partial charge in [0.05, 0.1) is 6.33 Å². The Kier molecular flexibility index (Phi) is 3.42. The van der Waals surface area contributed by atoms with Crippen molar-refractivity contribution < 1.29 is 0 Å². The van der Waals surface area contributed by atoms with Gasteiger partial charge in [0, 0.05) is 30.4 Å². The number of hydrogen-bond donors (Lipinski definition) is 1. The molecule has 0 spiro atoms. The lowest BCUT2D eigenvalue weighted by Gasteiger charge is -2.32. The van der Waals surface area contributed by atoms with Gasteiger partial charge in [-0.05, 0) is 37.6 Å². The topological polar surface area (TPSA) is 29.9 Å². The van der Waals surface area contributed by atoms with Crippen LogP contribution < -0.4 is 5.32 Å². The Morgan fingerprint density at radius 3 is 2.74 bits per heavy atom. The highest BCUT2D eigenvalue weighted by atomic mass is 15.1. The van der Waals surface area contributed by atoms with Gasteiger partial charge in [-0.15, -0.1) is 0 Å². The molecule has 0 bridgehead atoms. The summed E-state index contributed by atoms with van der Waals surface area (Å²) in [6.45, 7) is 8.15. The Labute approximate surface area is 116 Å². The zero-order valence-electron chi connectivity index (χ0n) is 12.4. The third kappa shape index (κ3) is 2.33. The molecule has 1 aliphatic carbocycles. The van der Waals surface area contributed by atoms with Crippen LogP contribution in [0, 0.1) is 5.41 Å². The lowest BCUT2D eigenvalue weighted by Crippen LogP contribution is -2.31. The fourth-order valence-corrected chi connectivity index (χ4v) is 4.09. The molecule has 1 unspecified atom stereocenters. The molecule has 0 aromatic carbocycles. The molecule has 1 saturated carbocycles. The molecule has 0 amide bonds. The molecule has 2 heterocycles. The summed E-state index contributed by atoms with van der Waals surface area (Å²) in [5, 5.41) is 3.50. The number of hydrogen-bond acceptors (Lipinski definition) is 2. The minimum atomic E-state index is 0.282. The maximum atomic E-state index is 4.45. The van der Waals surface area contributed by atoms with Crippen molar-refractivity contribution in [2.24, 2.45) is 5.41 Å². The van der Waals surface area contributed by atoms with E-state index in [-0.39, 0.29) is 5.41 Å². The van der Waals surface area contributed by atoms with Crippen molar-refractivity contribution in [2.45, 2.75) is 64.3 Å². The highest BCUT2D eigenvalue weighted by molar-refractivity contribution is 5.17. The summed E-state index contributed by atoms with van der Waals surface area (Å²) in [5.74, 6) is 0. The maximum Gasteiger partial charge on any atom is 0.0948 e. The molecule has 1 aliphatic heterocycles. The minimum Gasteiger partial charge on any atom is -0.333 e. The Morgan fingerprint density at radius 2 is 2.11 bits per heavy atom. The summed E-state index contributed by atoms with van der Waals surface area (Å²) in [5.41, 5.74) is 2.26. The van der Waals surface area contributed by atoms with Crippen LogP contribution in [-0.4, -0.2) is 22.6 Å². The average molecular weight is 261 g/mol. The number of nitrogens with zero attached hydrogens (tertiary/aromatic N) is 2. The van der Waals surface area contributed by atoms with E-state index >= 15 is 0 Å². The Morgan fingerprint density at radius 1 is 1.32 bits per heavy atom.